The lowest BCUT2D eigenvalue weighted by Crippen LogP contribution is -2.44. The zero-order valence-corrected chi connectivity index (χ0v) is 14.2. The van der Waals surface area contributed by atoms with E-state index in [1.165, 1.54) is 48.6 Å². The first kappa shape index (κ1) is 15.5. The lowest BCUT2D eigenvalue weighted by Gasteiger charge is -2.39. The Hall–Kier alpha value is -0.380. The Morgan fingerprint density at radius 2 is 1.90 bits per heavy atom. The van der Waals surface area contributed by atoms with Crippen molar-refractivity contribution in [2.45, 2.75) is 50.5 Å². The van der Waals surface area contributed by atoms with E-state index in [1.54, 1.807) is 0 Å². The smallest absolute Gasteiger partial charge is 0.0462 e. The van der Waals surface area contributed by atoms with Crippen LogP contribution < -0.4 is 5.32 Å². The molecule has 2 saturated carbocycles. The van der Waals surface area contributed by atoms with Crippen LogP contribution in [-0.4, -0.2) is 24.3 Å². The van der Waals surface area contributed by atoms with Gasteiger partial charge in [-0.3, -0.25) is 0 Å². The topological polar surface area (TPSA) is 32.3 Å². The highest BCUT2D eigenvalue weighted by molar-refractivity contribution is 9.10. The molecule has 0 radical (unpaired) electrons. The van der Waals surface area contributed by atoms with Crippen molar-refractivity contribution in [2.24, 2.45) is 11.8 Å². The molecule has 2 nitrogen and oxygen atoms in total. The molecular weight excluding hydrogens is 326 g/mol. The van der Waals surface area contributed by atoms with E-state index in [1.807, 2.05) is 0 Å². The number of halogens is 1. The van der Waals surface area contributed by atoms with Gasteiger partial charge < -0.3 is 10.4 Å². The molecule has 0 aliphatic heterocycles. The minimum absolute atomic E-state index is 0.373. The van der Waals surface area contributed by atoms with Crippen LogP contribution in [0.4, 0.5) is 0 Å². The monoisotopic (exact) mass is 351 g/mol. The zero-order valence-electron chi connectivity index (χ0n) is 12.6. The van der Waals surface area contributed by atoms with E-state index in [-0.39, 0.29) is 0 Å². The highest BCUT2D eigenvalue weighted by Crippen LogP contribution is 2.38. The minimum atomic E-state index is 0.373. The van der Waals surface area contributed by atoms with Crippen molar-refractivity contribution in [1.29, 1.82) is 0 Å². The van der Waals surface area contributed by atoms with Crippen molar-refractivity contribution >= 4 is 15.9 Å². The van der Waals surface area contributed by atoms with E-state index in [4.69, 9.17) is 0 Å². The normalized spacial score (nSPS) is 32.7. The molecule has 2 unspecified atom stereocenters. The molecule has 0 amide bonds. The van der Waals surface area contributed by atoms with Crippen LogP contribution in [0.2, 0.25) is 0 Å². The molecule has 0 spiro atoms. The van der Waals surface area contributed by atoms with Gasteiger partial charge in [-0.1, -0.05) is 40.9 Å². The third kappa shape index (κ3) is 3.88. The van der Waals surface area contributed by atoms with Gasteiger partial charge in [0, 0.05) is 17.1 Å². The first-order valence-electron chi connectivity index (χ1n) is 8.36. The summed E-state index contributed by atoms with van der Waals surface area (Å²) in [5.74, 6) is 1.95. The Balaban J connectivity index is 1.42. The number of nitrogens with one attached hydrogen (secondary N) is 1. The maximum atomic E-state index is 9.48. The van der Waals surface area contributed by atoms with Crippen molar-refractivity contribution in [3.05, 3.63) is 34.3 Å². The molecule has 0 aromatic heterocycles. The predicted octanol–water partition coefficient (Wildman–Crippen LogP) is 4.08. The Morgan fingerprint density at radius 3 is 2.62 bits per heavy atom. The average molecular weight is 352 g/mol. The molecule has 2 fully saturated rings. The average Bonchev–Trinajstić information content (AvgIpc) is 2.46. The molecule has 2 N–H and O–H groups in total. The number of hydrogen-bond acceptors (Lipinski definition) is 2. The summed E-state index contributed by atoms with van der Waals surface area (Å²) in [5, 5.41) is 13.2. The van der Waals surface area contributed by atoms with Crippen LogP contribution >= 0.6 is 15.9 Å². The molecule has 1 aromatic rings. The van der Waals surface area contributed by atoms with Gasteiger partial charge in [0.2, 0.25) is 0 Å². The van der Waals surface area contributed by atoms with Crippen LogP contribution in [0.15, 0.2) is 28.7 Å². The molecule has 2 atom stereocenters. The Labute approximate surface area is 136 Å². The van der Waals surface area contributed by atoms with Gasteiger partial charge in [0.15, 0.2) is 0 Å². The quantitative estimate of drug-likeness (QED) is 0.837. The van der Waals surface area contributed by atoms with Crippen LogP contribution in [-0.2, 0) is 0 Å². The molecule has 0 heterocycles. The van der Waals surface area contributed by atoms with Gasteiger partial charge in [0.25, 0.3) is 0 Å². The van der Waals surface area contributed by atoms with E-state index < -0.39 is 0 Å². The van der Waals surface area contributed by atoms with E-state index in [9.17, 15) is 5.11 Å². The van der Waals surface area contributed by atoms with Crippen molar-refractivity contribution < 1.29 is 5.11 Å². The SMILES string of the molecule is OCC1CCCCC1CNC1CC(c2cccc(Br)c2)C1. The Kier molecular flexibility index (Phi) is 5.36. The second-order valence-corrected chi connectivity index (χ2v) is 7.73. The molecule has 116 valence electrons. The lowest BCUT2D eigenvalue weighted by atomic mass is 9.75. The summed E-state index contributed by atoms with van der Waals surface area (Å²) in [5.41, 5.74) is 1.47. The van der Waals surface area contributed by atoms with E-state index in [0.717, 1.165) is 12.5 Å². The largest absolute Gasteiger partial charge is 0.396 e. The number of aliphatic hydroxyl groups is 1. The lowest BCUT2D eigenvalue weighted by molar-refractivity contribution is 0.126. The Bertz CT molecular complexity index is 458. The zero-order chi connectivity index (χ0) is 14.7. The standard InChI is InChI=1S/C18H26BrNO/c19-17-7-3-6-13(8-17)16-9-18(10-16)20-11-14-4-1-2-5-15(14)12-21/h3,6-8,14-16,18,20-21H,1-2,4-5,9-12H2. The number of benzene rings is 1. The van der Waals surface area contributed by atoms with Gasteiger partial charge in [-0.25, -0.2) is 0 Å². The second-order valence-electron chi connectivity index (χ2n) is 6.82. The summed E-state index contributed by atoms with van der Waals surface area (Å²) >= 11 is 3.56. The molecule has 3 rings (SSSR count). The van der Waals surface area contributed by atoms with Crippen molar-refractivity contribution in [2.75, 3.05) is 13.2 Å². The van der Waals surface area contributed by atoms with Crippen LogP contribution in [0.1, 0.15) is 50.0 Å². The number of rotatable bonds is 5. The van der Waals surface area contributed by atoms with Crippen LogP contribution in [0.25, 0.3) is 0 Å². The molecule has 0 saturated heterocycles. The van der Waals surface area contributed by atoms with Crippen molar-refractivity contribution in [3.8, 4) is 0 Å². The first-order chi connectivity index (χ1) is 10.3. The molecule has 21 heavy (non-hydrogen) atoms. The van der Waals surface area contributed by atoms with Crippen LogP contribution in [0.3, 0.4) is 0 Å². The van der Waals surface area contributed by atoms with E-state index in [2.05, 4.69) is 45.5 Å². The summed E-state index contributed by atoms with van der Waals surface area (Å²) in [7, 11) is 0. The van der Waals surface area contributed by atoms with Gasteiger partial charge in [0.05, 0.1) is 0 Å². The highest BCUT2D eigenvalue weighted by atomic mass is 79.9. The van der Waals surface area contributed by atoms with E-state index in [0.29, 0.717) is 24.5 Å². The van der Waals surface area contributed by atoms with Crippen LogP contribution in [0, 0.1) is 11.8 Å². The molecule has 2 aliphatic rings. The fourth-order valence-corrected chi connectivity index (χ4v) is 4.35. The molecular formula is C18H26BrNO. The third-order valence-electron chi connectivity index (χ3n) is 5.43. The molecule has 1 aromatic carbocycles. The minimum Gasteiger partial charge on any atom is -0.396 e. The van der Waals surface area contributed by atoms with Gasteiger partial charge >= 0.3 is 0 Å². The molecule has 3 heteroatoms. The molecule has 2 aliphatic carbocycles. The second kappa shape index (κ2) is 7.26. The predicted molar refractivity (Wildman–Crippen MR) is 90.4 cm³/mol. The van der Waals surface area contributed by atoms with Crippen molar-refractivity contribution in [1.82, 2.24) is 5.32 Å². The maximum Gasteiger partial charge on any atom is 0.0462 e. The fraction of sp³-hybridized carbons (Fsp3) is 0.667. The van der Waals surface area contributed by atoms with E-state index >= 15 is 0 Å². The summed E-state index contributed by atoms with van der Waals surface area (Å²) < 4.78 is 1.18. The Morgan fingerprint density at radius 1 is 1.14 bits per heavy atom. The summed E-state index contributed by atoms with van der Waals surface area (Å²) in [6.07, 6.45) is 7.67. The summed E-state index contributed by atoms with van der Waals surface area (Å²) in [4.78, 5) is 0. The van der Waals surface area contributed by atoms with Gasteiger partial charge in [-0.15, -0.1) is 0 Å². The third-order valence-corrected chi connectivity index (χ3v) is 5.92. The first-order valence-corrected chi connectivity index (χ1v) is 9.15. The summed E-state index contributed by atoms with van der Waals surface area (Å²) in [6, 6.07) is 9.40. The van der Waals surface area contributed by atoms with Crippen molar-refractivity contribution in [3.63, 3.8) is 0 Å². The van der Waals surface area contributed by atoms with Crippen LogP contribution in [0.5, 0.6) is 0 Å². The molecule has 0 bridgehead atoms. The van der Waals surface area contributed by atoms with Gasteiger partial charge in [0.1, 0.15) is 0 Å². The maximum absolute atomic E-state index is 9.48. The number of hydrogen-bond donors (Lipinski definition) is 2. The highest BCUT2D eigenvalue weighted by Gasteiger charge is 2.31. The van der Waals surface area contributed by atoms with Gasteiger partial charge in [-0.05, 0) is 67.7 Å². The summed E-state index contributed by atoms with van der Waals surface area (Å²) in [6.45, 7) is 1.47. The van der Waals surface area contributed by atoms with Gasteiger partial charge in [-0.2, -0.15) is 0 Å². The number of aliphatic hydroxyl groups excluding tert-OH is 1. The fourth-order valence-electron chi connectivity index (χ4n) is 3.93.